The summed E-state index contributed by atoms with van der Waals surface area (Å²) >= 11 is 12.4. The van der Waals surface area contributed by atoms with E-state index in [1.807, 2.05) is 30.5 Å². The lowest BCUT2D eigenvalue weighted by molar-refractivity contribution is -0.119. The van der Waals surface area contributed by atoms with Crippen LogP contribution in [0.3, 0.4) is 0 Å². The number of benzene rings is 2. The first-order chi connectivity index (χ1) is 17.7. The van der Waals surface area contributed by atoms with Crippen LogP contribution in [0.5, 0.6) is 0 Å². The Balaban J connectivity index is 1.54. The molecule has 0 unspecified atom stereocenters. The Morgan fingerprint density at radius 2 is 1.78 bits per heavy atom. The average molecular weight is 556 g/mol. The van der Waals surface area contributed by atoms with Gasteiger partial charge < -0.3 is 4.57 Å². The van der Waals surface area contributed by atoms with E-state index in [9.17, 15) is 13.2 Å². The summed E-state index contributed by atoms with van der Waals surface area (Å²) in [6, 6.07) is 19.8. The van der Waals surface area contributed by atoms with E-state index in [-0.39, 0.29) is 10.7 Å². The molecule has 4 aromatic rings. The highest BCUT2D eigenvalue weighted by Crippen LogP contribution is 2.28. The normalized spacial score (nSPS) is 11.6. The van der Waals surface area contributed by atoms with Crippen LogP contribution in [0.25, 0.3) is 5.69 Å². The fourth-order valence-corrected chi connectivity index (χ4v) is 5.69. The number of carbonyl (C=O) groups excluding carboxylic acids is 1. The van der Waals surface area contributed by atoms with Gasteiger partial charge in [-0.3, -0.25) is 4.79 Å². The molecule has 1 N–H and O–H groups in total. The van der Waals surface area contributed by atoms with Crippen LogP contribution >= 0.6 is 23.2 Å². The number of nitrogens with zero attached hydrogens (tertiary/aromatic N) is 4. The Labute approximate surface area is 225 Å². The molecule has 190 valence electrons. The van der Waals surface area contributed by atoms with Gasteiger partial charge in [0.2, 0.25) is 0 Å². The zero-order valence-corrected chi connectivity index (χ0v) is 22.3. The van der Waals surface area contributed by atoms with Crippen molar-refractivity contribution in [2.24, 2.45) is 5.10 Å². The third-order valence-corrected chi connectivity index (χ3v) is 7.84. The Kier molecular flexibility index (Phi) is 7.97. The van der Waals surface area contributed by atoms with Gasteiger partial charge in [-0.15, -0.1) is 0 Å². The third kappa shape index (κ3) is 5.85. The molecular formula is C26H23Cl2N5O3S. The van der Waals surface area contributed by atoms with Gasteiger partial charge in [0, 0.05) is 28.2 Å². The van der Waals surface area contributed by atoms with E-state index in [1.165, 1.54) is 30.6 Å². The molecule has 0 fully saturated rings. The highest BCUT2D eigenvalue weighted by atomic mass is 35.5. The van der Waals surface area contributed by atoms with E-state index in [1.54, 1.807) is 42.5 Å². The van der Waals surface area contributed by atoms with Crippen molar-refractivity contribution in [1.29, 1.82) is 0 Å². The third-order valence-electron chi connectivity index (χ3n) is 5.54. The molecule has 2 heterocycles. The number of anilines is 1. The molecule has 0 spiro atoms. The largest absolute Gasteiger partial charge is 0.316 e. The number of nitrogens with one attached hydrogen (secondary N) is 1. The van der Waals surface area contributed by atoms with Crippen molar-refractivity contribution in [1.82, 2.24) is 15.0 Å². The zero-order valence-electron chi connectivity index (χ0n) is 20.0. The molecule has 11 heteroatoms. The second-order valence-corrected chi connectivity index (χ2v) is 10.8. The number of aryl methyl sites for hydroxylation is 1. The Hall–Kier alpha value is -3.66. The van der Waals surface area contributed by atoms with Crippen molar-refractivity contribution in [3.63, 3.8) is 0 Å². The first kappa shape index (κ1) is 26.4. The topological polar surface area (TPSA) is 96.7 Å². The number of halogens is 2. The molecule has 37 heavy (non-hydrogen) atoms. The molecule has 0 atom stereocenters. The lowest BCUT2D eigenvalue weighted by Gasteiger charge is -2.22. The number of pyridine rings is 1. The fourth-order valence-electron chi connectivity index (χ4n) is 3.80. The molecule has 0 bridgehead atoms. The second kappa shape index (κ2) is 11.2. The predicted molar refractivity (Wildman–Crippen MR) is 146 cm³/mol. The van der Waals surface area contributed by atoms with Gasteiger partial charge in [0.25, 0.3) is 15.9 Å². The van der Waals surface area contributed by atoms with E-state index in [4.69, 9.17) is 23.2 Å². The molecule has 2 aromatic heterocycles. The average Bonchev–Trinajstić information content (AvgIpc) is 3.16. The van der Waals surface area contributed by atoms with E-state index in [0.717, 1.165) is 26.9 Å². The van der Waals surface area contributed by atoms with Crippen molar-refractivity contribution in [2.75, 3.05) is 10.8 Å². The van der Waals surface area contributed by atoms with Crippen LogP contribution in [-0.4, -0.2) is 36.6 Å². The van der Waals surface area contributed by atoms with Gasteiger partial charge in [0.1, 0.15) is 12.4 Å². The summed E-state index contributed by atoms with van der Waals surface area (Å²) < 4.78 is 29.5. The molecule has 0 aliphatic rings. The van der Waals surface area contributed by atoms with Crippen LogP contribution in [0.2, 0.25) is 10.0 Å². The number of hydrogen-bond donors (Lipinski definition) is 1. The first-order valence-electron chi connectivity index (χ1n) is 11.1. The summed E-state index contributed by atoms with van der Waals surface area (Å²) in [5.74, 6) is -0.509. The van der Waals surface area contributed by atoms with E-state index in [0.29, 0.717) is 10.0 Å². The number of hydrazone groups is 1. The smallest absolute Gasteiger partial charge is 0.265 e. The summed E-state index contributed by atoms with van der Waals surface area (Å²) in [5, 5.41) is 5.09. The highest BCUT2D eigenvalue weighted by molar-refractivity contribution is 7.92. The summed E-state index contributed by atoms with van der Waals surface area (Å²) in [7, 11) is -4.04. The molecule has 0 aliphatic heterocycles. The second-order valence-electron chi connectivity index (χ2n) is 8.06. The Morgan fingerprint density at radius 1 is 1.05 bits per heavy atom. The number of aromatic nitrogens is 2. The van der Waals surface area contributed by atoms with Crippen molar-refractivity contribution < 1.29 is 13.2 Å². The van der Waals surface area contributed by atoms with Crippen molar-refractivity contribution in [2.45, 2.75) is 18.7 Å². The van der Waals surface area contributed by atoms with Crippen LogP contribution in [-0.2, 0) is 14.8 Å². The molecule has 0 aliphatic carbocycles. The minimum Gasteiger partial charge on any atom is -0.316 e. The number of hydrogen-bond acceptors (Lipinski definition) is 5. The SMILES string of the molecule is Cc1cc(/C=N\NC(=O)CN(c2ccccn2)S(=O)(=O)c2ccccc2)c(C)n1-c1ccc(Cl)cc1Cl. The lowest BCUT2D eigenvalue weighted by atomic mass is 10.2. The van der Waals surface area contributed by atoms with Gasteiger partial charge in [-0.25, -0.2) is 23.1 Å². The predicted octanol–water partition coefficient (Wildman–Crippen LogP) is 5.14. The van der Waals surface area contributed by atoms with Crippen LogP contribution in [0.4, 0.5) is 5.82 Å². The van der Waals surface area contributed by atoms with Gasteiger partial charge in [0.05, 0.1) is 21.8 Å². The molecule has 8 nitrogen and oxygen atoms in total. The number of rotatable bonds is 8. The number of amides is 1. The first-order valence-corrected chi connectivity index (χ1v) is 13.3. The van der Waals surface area contributed by atoms with Crippen molar-refractivity contribution >= 4 is 51.2 Å². The van der Waals surface area contributed by atoms with Crippen LogP contribution in [0, 0.1) is 13.8 Å². The van der Waals surface area contributed by atoms with E-state index in [2.05, 4.69) is 15.5 Å². The standard InChI is InChI=1S/C26H23Cl2N5O3S/c1-18-14-20(19(2)33(18)24-12-11-21(27)15-23(24)28)16-30-31-26(34)17-32(25-10-6-7-13-29-25)37(35,36)22-8-4-3-5-9-22/h3-16H,17H2,1-2H3,(H,31,34)/b30-16-. The minimum atomic E-state index is -4.04. The van der Waals surface area contributed by atoms with Crippen molar-refractivity contribution in [3.8, 4) is 5.69 Å². The van der Waals surface area contributed by atoms with Crippen LogP contribution < -0.4 is 9.73 Å². The zero-order chi connectivity index (χ0) is 26.6. The van der Waals surface area contributed by atoms with Gasteiger partial charge in [-0.1, -0.05) is 47.5 Å². The maximum atomic E-state index is 13.3. The summed E-state index contributed by atoms with van der Waals surface area (Å²) in [6.45, 7) is 3.31. The molecular weight excluding hydrogens is 533 g/mol. The van der Waals surface area contributed by atoms with Crippen LogP contribution in [0.15, 0.2) is 89.0 Å². The Morgan fingerprint density at radius 3 is 2.46 bits per heavy atom. The summed E-state index contributed by atoms with van der Waals surface area (Å²) in [5.41, 5.74) is 5.69. The number of carbonyl (C=O) groups is 1. The van der Waals surface area contributed by atoms with Gasteiger partial charge in [-0.05, 0) is 62.4 Å². The molecule has 0 saturated heterocycles. The highest BCUT2D eigenvalue weighted by Gasteiger charge is 2.27. The van der Waals surface area contributed by atoms with Crippen LogP contribution in [0.1, 0.15) is 17.0 Å². The lowest BCUT2D eigenvalue weighted by Crippen LogP contribution is -2.40. The van der Waals surface area contributed by atoms with Gasteiger partial charge >= 0.3 is 0 Å². The maximum Gasteiger partial charge on any atom is 0.265 e. The summed E-state index contributed by atoms with van der Waals surface area (Å²) in [6.07, 6.45) is 2.96. The van der Waals surface area contributed by atoms with Gasteiger partial charge in [-0.2, -0.15) is 5.10 Å². The van der Waals surface area contributed by atoms with E-state index >= 15 is 0 Å². The fraction of sp³-hybridized carbons (Fsp3) is 0.115. The maximum absolute atomic E-state index is 13.3. The summed E-state index contributed by atoms with van der Waals surface area (Å²) in [4.78, 5) is 16.9. The van der Waals surface area contributed by atoms with E-state index < -0.39 is 22.5 Å². The minimum absolute atomic E-state index is 0.0465. The Bertz CT molecular complexity index is 1560. The number of sulfonamides is 1. The molecule has 4 rings (SSSR count). The van der Waals surface area contributed by atoms with Crippen molar-refractivity contribution in [3.05, 3.63) is 106 Å². The molecule has 0 saturated carbocycles. The quantitative estimate of drug-likeness (QED) is 0.240. The van der Waals surface area contributed by atoms with Gasteiger partial charge in [0.15, 0.2) is 0 Å². The molecule has 2 aromatic carbocycles. The monoisotopic (exact) mass is 555 g/mol. The molecule has 0 radical (unpaired) electrons. The molecule has 1 amide bonds.